The smallest absolute Gasteiger partial charge is 0.275 e. The number of halogens is 1. The van der Waals surface area contributed by atoms with Gasteiger partial charge in [-0.2, -0.15) is 5.10 Å². The first-order valence-corrected chi connectivity index (χ1v) is 13.5. The standard InChI is InChI=1S/C31H33BrN4O/c1-34(2)24-16-12-21(13-17-24)20-23-8-7-10-27-29(23)33-36(31(37)26-9-5-6-11-28(26)32)30(27)22-14-18-25(19-15-22)35(3)4/h5-6,9,11-20,27,30H,7-8,10H2,1-4H3/b23-20+/t27-,30-/m1/s1. The summed E-state index contributed by atoms with van der Waals surface area (Å²) in [5.74, 6) is 0.0865. The van der Waals surface area contributed by atoms with Crippen LogP contribution in [0.25, 0.3) is 6.08 Å². The fourth-order valence-electron chi connectivity index (χ4n) is 5.30. The zero-order valence-corrected chi connectivity index (χ0v) is 23.4. The van der Waals surface area contributed by atoms with Gasteiger partial charge in [-0.1, -0.05) is 36.4 Å². The van der Waals surface area contributed by atoms with Gasteiger partial charge in [-0.15, -0.1) is 0 Å². The Hall–Kier alpha value is -3.38. The van der Waals surface area contributed by atoms with Crippen molar-refractivity contribution < 1.29 is 4.79 Å². The highest BCUT2D eigenvalue weighted by atomic mass is 79.9. The normalized spacial score (nSPS) is 20.0. The minimum Gasteiger partial charge on any atom is -0.378 e. The minimum absolute atomic E-state index is 0.0780. The van der Waals surface area contributed by atoms with Crippen molar-refractivity contribution >= 4 is 45.0 Å². The van der Waals surface area contributed by atoms with Crippen LogP contribution in [0.1, 0.15) is 46.8 Å². The van der Waals surface area contributed by atoms with E-state index in [0.29, 0.717) is 5.56 Å². The molecule has 5 rings (SSSR count). The summed E-state index contributed by atoms with van der Waals surface area (Å²) in [4.78, 5) is 18.1. The summed E-state index contributed by atoms with van der Waals surface area (Å²) in [7, 11) is 8.18. The third-order valence-corrected chi connectivity index (χ3v) is 8.01. The summed E-state index contributed by atoms with van der Waals surface area (Å²) in [6.45, 7) is 0. The van der Waals surface area contributed by atoms with Crippen LogP contribution in [0.4, 0.5) is 11.4 Å². The SMILES string of the molecule is CN(C)c1ccc(/C=C2\CCC[C@@H]3C2=NN(C(=O)c2ccccc2Br)[C@@H]3c2ccc(N(C)C)cc2)cc1. The molecule has 0 spiro atoms. The summed E-state index contributed by atoms with van der Waals surface area (Å²) in [6.07, 6.45) is 5.31. The first kappa shape index (κ1) is 25.3. The highest BCUT2D eigenvalue weighted by Gasteiger charge is 2.44. The second-order valence-electron chi connectivity index (χ2n) is 10.2. The van der Waals surface area contributed by atoms with Gasteiger partial charge in [0.1, 0.15) is 0 Å². The Morgan fingerprint density at radius 2 is 1.54 bits per heavy atom. The zero-order valence-electron chi connectivity index (χ0n) is 21.9. The van der Waals surface area contributed by atoms with Crippen molar-refractivity contribution in [2.45, 2.75) is 25.3 Å². The fourth-order valence-corrected chi connectivity index (χ4v) is 5.75. The highest BCUT2D eigenvalue weighted by molar-refractivity contribution is 9.10. The van der Waals surface area contributed by atoms with Gasteiger partial charge in [-0.05, 0) is 94.4 Å². The summed E-state index contributed by atoms with van der Waals surface area (Å²) >= 11 is 3.58. The van der Waals surface area contributed by atoms with E-state index in [2.05, 4.69) is 80.3 Å². The van der Waals surface area contributed by atoms with Crippen LogP contribution in [-0.2, 0) is 0 Å². The summed E-state index contributed by atoms with van der Waals surface area (Å²) < 4.78 is 0.786. The molecule has 1 amide bonds. The third-order valence-electron chi connectivity index (χ3n) is 7.32. The molecule has 0 aromatic heterocycles. The molecular weight excluding hydrogens is 524 g/mol. The van der Waals surface area contributed by atoms with Gasteiger partial charge in [-0.25, -0.2) is 5.01 Å². The predicted molar refractivity (Wildman–Crippen MR) is 157 cm³/mol. The lowest BCUT2D eigenvalue weighted by Crippen LogP contribution is -2.32. The lowest BCUT2D eigenvalue weighted by atomic mass is 9.77. The zero-order chi connectivity index (χ0) is 26.1. The van der Waals surface area contributed by atoms with Crippen LogP contribution in [0.15, 0.2) is 87.9 Å². The van der Waals surface area contributed by atoms with Gasteiger partial charge in [0, 0.05) is 50.0 Å². The molecule has 1 aliphatic carbocycles. The Kier molecular flexibility index (Phi) is 7.20. The molecule has 0 bridgehead atoms. The molecule has 190 valence electrons. The van der Waals surface area contributed by atoms with Crippen LogP contribution in [0, 0.1) is 5.92 Å². The molecule has 2 atom stereocenters. The van der Waals surface area contributed by atoms with E-state index in [0.717, 1.165) is 46.3 Å². The molecule has 0 unspecified atom stereocenters. The first-order chi connectivity index (χ1) is 17.8. The van der Waals surface area contributed by atoms with Crippen LogP contribution in [0.5, 0.6) is 0 Å². The van der Waals surface area contributed by atoms with E-state index in [9.17, 15) is 4.79 Å². The second-order valence-corrected chi connectivity index (χ2v) is 11.1. The molecule has 0 radical (unpaired) electrons. The monoisotopic (exact) mass is 556 g/mol. The van der Waals surface area contributed by atoms with E-state index in [4.69, 9.17) is 5.10 Å². The number of hydrogen-bond donors (Lipinski definition) is 0. The first-order valence-electron chi connectivity index (χ1n) is 12.8. The number of amides is 1. The lowest BCUT2D eigenvalue weighted by molar-refractivity contribution is 0.0680. The third kappa shape index (κ3) is 5.08. The van der Waals surface area contributed by atoms with Crippen molar-refractivity contribution in [2.24, 2.45) is 11.0 Å². The highest BCUT2D eigenvalue weighted by Crippen LogP contribution is 2.45. The lowest BCUT2D eigenvalue weighted by Gasteiger charge is -2.30. The number of hydrazone groups is 1. The number of anilines is 2. The largest absolute Gasteiger partial charge is 0.378 e. The Labute approximate surface area is 228 Å². The van der Waals surface area contributed by atoms with Crippen molar-refractivity contribution in [1.82, 2.24) is 5.01 Å². The molecule has 3 aromatic rings. The van der Waals surface area contributed by atoms with Crippen molar-refractivity contribution in [3.63, 3.8) is 0 Å². The molecule has 0 saturated heterocycles. The van der Waals surface area contributed by atoms with Crippen LogP contribution in [0.3, 0.4) is 0 Å². The number of hydrogen-bond acceptors (Lipinski definition) is 4. The van der Waals surface area contributed by atoms with E-state index in [-0.39, 0.29) is 17.9 Å². The Balaban J connectivity index is 1.55. The maximum atomic E-state index is 13.9. The molecule has 3 aromatic carbocycles. The molecule has 1 heterocycles. The van der Waals surface area contributed by atoms with Gasteiger partial charge in [0.2, 0.25) is 0 Å². The van der Waals surface area contributed by atoms with Crippen LogP contribution < -0.4 is 9.80 Å². The average Bonchev–Trinajstić information content (AvgIpc) is 3.29. The number of carbonyl (C=O) groups excluding carboxylic acids is 1. The molecule has 0 N–H and O–H groups in total. The molecule has 5 nitrogen and oxygen atoms in total. The Morgan fingerprint density at radius 1 is 0.919 bits per heavy atom. The minimum atomic E-state index is -0.134. The van der Waals surface area contributed by atoms with Crippen LogP contribution >= 0.6 is 15.9 Å². The topological polar surface area (TPSA) is 39.1 Å². The van der Waals surface area contributed by atoms with Gasteiger partial charge >= 0.3 is 0 Å². The van der Waals surface area contributed by atoms with Crippen molar-refractivity contribution in [3.8, 4) is 0 Å². The van der Waals surface area contributed by atoms with Gasteiger partial charge in [0.25, 0.3) is 5.91 Å². The molecule has 6 heteroatoms. The molecule has 2 aliphatic rings. The average molecular weight is 558 g/mol. The fraction of sp³-hybridized carbons (Fsp3) is 0.290. The summed E-state index contributed by atoms with van der Waals surface area (Å²) in [6, 6.07) is 24.6. The maximum absolute atomic E-state index is 13.9. The molecule has 1 fully saturated rings. The molecule has 1 saturated carbocycles. The second kappa shape index (κ2) is 10.5. The Bertz CT molecular complexity index is 1340. The van der Waals surface area contributed by atoms with E-state index in [1.54, 1.807) is 5.01 Å². The quantitative estimate of drug-likeness (QED) is 0.339. The van der Waals surface area contributed by atoms with Crippen molar-refractivity contribution in [1.29, 1.82) is 0 Å². The number of benzene rings is 3. The number of allylic oxidation sites excluding steroid dienone is 1. The predicted octanol–water partition coefficient (Wildman–Crippen LogP) is 7.02. The number of fused-ring (bicyclic) bond motifs is 1. The maximum Gasteiger partial charge on any atom is 0.275 e. The van der Waals surface area contributed by atoms with E-state index >= 15 is 0 Å². The van der Waals surface area contributed by atoms with Gasteiger partial charge in [-0.3, -0.25) is 4.79 Å². The molecular formula is C31H33BrN4O. The van der Waals surface area contributed by atoms with Crippen LogP contribution in [0.2, 0.25) is 0 Å². The van der Waals surface area contributed by atoms with E-state index in [1.807, 2.05) is 52.5 Å². The van der Waals surface area contributed by atoms with Gasteiger partial charge in [0.05, 0.1) is 17.3 Å². The van der Waals surface area contributed by atoms with Gasteiger partial charge < -0.3 is 9.80 Å². The van der Waals surface area contributed by atoms with Gasteiger partial charge in [0.15, 0.2) is 0 Å². The van der Waals surface area contributed by atoms with Crippen molar-refractivity contribution in [3.05, 3.63) is 99.5 Å². The van der Waals surface area contributed by atoms with Crippen molar-refractivity contribution in [2.75, 3.05) is 38.0 Å². The Morgan fingerprint density at radius 3 is 2.16 bits per heavy atom. The number of rotatable bonds is 5. The number of nitrogens with zero attached hydrogens (tertiary/aromatic N) is 4. The molecule has 37 heavy (non-hydrogen) atoms. The molecule has 1 aliphatic heterocycles. The summed E-state index contributed by atoms with van der Waals surface area (Å²) in [5.41, 5.74) is 7.49. The number of carbonyl (C=O) groups is 1. The van der Waals surface area contributed by atoms with E-state index < -0.39 is 0 Å². The van der Waals surface area contributed by atoms with Crippen LogP contribution in [-0.4, -0.2) is 44.8 Å². The van der Waals surface area contributed by atoms with E-state index in [1.165, 1.54) is 11.3 Å². The summed E-state index contributed by atoms with van der Waals surface area (Å²) in [5, 5.41) is 6.79.